The first-order valence-electron chi connectivity index (χ1n) is 8.57. The minimum atomic E-state index is -2.87. The van der Waals surface area contributed by atoms with Gasteiger partial charge in [-0.25, -0.2) is 8.42 Å². The molecule has 0 radical (unpaired) electrons. The summed E-state index contributed by atoms with van der Waals surface area (Å²) >= 11 is 0. The van der Waals surface area contributed by atoms with Gasteiger partial charge in [-0.05, 0) is 18.8 Å². The molecule has 1 atom stereocenters. The van der Waals surface area contributed by atoms with Crippen molar-refractivity contribution in [2.75, 3.05) is 31.1 Å². The SMILES string of the molecule is CCS(=O)(=O)CCN1CC2(CCCCC2)NCC1C(C)C. The van der Waals surface area contributed by atoms with E-state index in [1.54, 1.807) is 6.92 Å². The molecule has 0 aromatic carbocycles. The van der Waals surface area contributed by atoms with Gasteiger partial charge in [0.1, 0.15) is 0 Å². The second-order valence-electron chi connectivity index (χ2n) is 7.24. The molecule has 124 valence electrons. The van der Waals surface area contributed by atoms with E-state index in [0.717, 1.165) is 13.1 Å². The Morgan fingerprint density at radius 1 is 1.24 bits per heavy atom. The Labute approximate surface area is 130 Å². The number of rotatable bonds is 5. The molecule has 1 unspecified atom stereocenters. The lowest BCUT2D eigenvalue weighted by Crippen LogP contribution is -2.66. The summed E-state index contributed by atoms with van der Waals surface area (Å²) < 4.78 is 23.7. The van der Waals surface area contributed by atoms with E-state index in [-0.39, 0.29) is 11.3 Å². The van der Waals surface area contributed by atoms with Crippen LogP contribution in [0, 0.1) is 5.92 Å². The molecule has 0 aromatic heterocycles. The molecule has 1 spiro atoms. The quantitative estimate of drug-likeness (QED) is 0.843. The Hall–Kier alpha value is -0.130. The Kier molecular flexibility index (Phi) is 5.71. The first-order valence-corrected chi connectivity index (χ1v) is 10.4. The van der Waals surface area contributed by atoms with Crippen LogP contribution in [0.2, 0.25) is 0 Å². The zero-order valence-corrected chi connectivity index (χ0v) is 14.7. The molecule has 5 heteroatoms. The zero-order chi connectivity index (χ0) is 15.5. The van der Waals surface area contributed by atoms with Gasteiger partial charge in [0.2, 0.25) is 0 Å². The first kappa shape index (κ1) is 17.2. The first-order chi connectivity index (χ1) is 9.87. The van der Waals surface area contributed by atoms with Gasteiger partial charge in [-0.3, -0.25) is 4.90 Å². The van der Waals surface area contributed by atoms with Crippen LogP contribution in [0.5, 0.6) is 0 Å². The van der Waals surface area contributed by atoms with Crippen LogP contribution in [-0.4, -0.2) is 56.0 Å². The summed E-state index contributed by atoms with van der Waals surface area (Å²) in [6.07, 6.45) is 6.45. The van der Waals surface area contributed by atoms with Crippen molar-refractivity contribution < 1.29 is 8.42 Å². The monoisotopic (exact) mass is 316 g/mol. The van der Waals surface area contributed by atoms with Gasteiger partial charge < -0.3 is 5.32 Å². The van der Waals surface area contributed by atoms with E-state index in [1.165, 1.54) is 32.1 Å². The molecular formula is C16H32N2O2S. The van der Waals surface area contributed by atoms with Gasteiger partial charge in [0.05, 0.1) is 5.75 Å². The third-order valence-corrected chi connectivity index (χ3v) is 7.05. The Bertz CT molecular complexity index is 428. The van der Waals surface area contributed by atoms with Crippen molar-refractivity contribution in [1.29, 1.82) is 0 Å². The molecule has 1 aliphatic heterocycles. The van der Waals surface area contributed by atoms with Gasteiger partial charge in [0.25, 0.3) is 0 Å². The summed E-state index contributed by atoms with van der Waals surface area (Å²) in [6, 6.07) is 0.463. The largest absolute Gasteiger partial charge is 0.308 e. The highest BCUT2D eigenvalue weighted by Gasteiger charge is 2.40. The maximum atomic E-state index is 11.8. The van der Waals surface area contributed by atoms with Gasteiger partial charge in [-0.1, -0.05) is 40.0 Å². The van der Waals surface area contributed by atoms with E-state index < -0.39 is 9.84 Å². The number of hydrogen-bond donors (Lipinski definition) is 1. The standard InChI is InChI=1S/C16H32N2O2S/c1-4-21(19,20)11-10-18-13-16(8-6-5-7-9-16)17-12-15(18)14(2)3/h14-15,17H,4-13H2,1-3H3. The van der Waals surface area contributed by atoms with Crippen LogP contribution in [0.3, 0.4) is 0 Å². The number of hydrogen-bond acceptors (Lipinski definition) is 4. The number of nitrogens with one attached hydrogen (secondary N) is 1. The summed E-state index contributed by atoms with van der Waals surface area (Å²) in [5.74, 6) is 1.13. The van der Waals surface area contributed by atoms with Crippen molar-refractivity contribution in [2.24, 2.45) is 5.92 Å². The molecule has 2 rings (SSSR count). The third kappa shape index (κ3) is 4.42. The van der Waals surface area contributed by atoms with Gasteiger partial charge in [-0.2, -0.15) is 0 Å². The molecule has 2 fully saturated rings. The predicted molar refractivity (Wildman–Crippen MR) is 88.3 cm³/mol. The topological polar surface area (TPSA) is 49.4 Å². The van der Waals surface area contributed by atoms with Crippen molar-refractivity contribution in [1.82, 2.24) is 10.2 Å². The molecular weight excluding hydrogens is 284 g/mol. The Morgan fingerprint density at radius 3 is 2.48 bits per heavy atom. The lowest BCUT2D eigenvalue weighted by Gasteiger charge is -2.51. The van der Waals surface area contributed by atoms with E-state index in [1.807, 2.05) is 0 Å². The lowest BCUT2D eigenvalue weighted by atomic mass is 9.78. The van der Waals surface area contributed by atoms with Gasteiger partial charge >= 0.3 is 0 Å². The summed E-state index contributed by atoms with van der Waals surface area (Å²) in [5.41, 5.74) is 0.250. The van der Waals surface area contributed by atoms with E-state index >= 15 is 0 Å². The fourth-order valence-corrected chi connectivity index (χ4v) is 4.68. The molecule has 4 nitrogen and oxygen atoms in total. The molecule has 1 aliphatic carbocycles. The average Bonchev–Trinajstić information content (AvgIpc) is 2.46. The summed E-state index contributed by atoms with van der Waals surface area (Å²) in [6.45, 7) is 8.95. The van der Waals surface area contributed by atoms with Crippen LogP contribution < -0.4 is 5.32 Å². The summed E-state index contributed by atoms with van der Waals surface area (Å²) in [7, 11) is -2.87. The molecule has 21 heavy (non-hydrogen) atoms. The van der Waals surface area contributed by atoms with E-state index in [9.17, 15) is 8.42 Å². The van der Waals surface area contributed by atoms with Crippen LogP contribution in [0.1, 0.15) is 52.9 Å². The second kappa shape index (κ2) is 6.97. The van der Waals surface area contributed by atoms with E-state index in [4.69, 9.17) is 0 Å². The van der Waals surface area contributed by atoms with E-state index in [0.29, 0.717) is 24.3 Å². The van der Waals surface area contributed by atoms with Crippen molar-refractivity contribution in [2.45, 2.75) is 64.5 Å². The second-order valence-corrected chi connectivity index (χ2v) is 9.71. The highest BCUT2D eigenvalue weighted by molar-refractivity contribution is 7.91. The van der Waals surface area contributed by atoms with Crippen LogP contribution in [0.4, 0.5) is 0 Å². The maximum absolute atomic E-state index is 11.8. The lowest BCUT2D eigenvalue weighted by molar-refractivity contribution is 0.0410. The molecule has 0 bridgehead atoms. The Balaban J connectivity index is 2.04. The fourth-order valence-electron chi connectivity index (χ4n) is 3.88. The molecule has 1 N–H and O–H groups in total. The number of nitrogens with zero attached hydrogens (tertiary/aromatic N) is 1. The fraction of sp³-hybridized carbons (Fsp3) is 1.00. The molecule has 1 saturated heterocycles. The van der Waals surface area contributed by atoms with E-state index in [2.05, 4.69) is 24.1 Å². The predicted octanol–water partition coefficient (Wildman–Crippen LogP) is 2.05. The molecule has 1 saturated carbocycles. The highest BCUT2D eigenvalue weighted by Crippen LogP contribution is 2.32. The molecule has 0 amide bonds. The van der Waals surface area contributed by atoms with Crippen molar-refractivity contribution in [3.8, 4) is 0 Å². The molecule has 0 aromatic rings. The van der Waals surface area contributed by atoms with Crippen molar-refractivity contribution in [3.05, 3.63) is 0 Å². The third-order valence-electron chi connectivity index (χ3n) is 5.37. The van der Waals surface area contributed by atoms with Crippen molar-refractivity contribution in [3.63, 3.8) is 0 Å². The van der Waals surface area contributed by atoms with Crippen LogP contribution >= 0.6 is 0 Å². The van der Waals surface area contributed by atoms with Crippen molar-refractivity contribution >= 4 is 9.84 Å². The molecule has 1 heterocycles. The minimum Gasteiger partial charge on any atom is -0.308 e. The van der Waals surface area contributed by atoms with Crippen LogP contribution in [-0.2, 0) is 9.84 Å². The summed E-state index contributed by atoms with van der Waals surface area (Å²) in [4.78, 5) is 2.46. The van der Waals surface area contributed by atoms with Gasteiger partial charge in [0, 0.05) is 37.0 Å². The number of sulfone groups is 1. The number of piperazine rings is 1. The zero-order valence-electron chi connectivity index (χ0n) is 13.9. The van der Waals surface area contributed by atoms with Gasteiger partial charge in [0.15, 0.2) is 9.84 Å². The minimum absolute atomic E-state index is 0.250. The van der Waals surface area contributed by atoms with Crippen LogP contribution in [0.15, 0.2) is 0 Å². The normalized spacial score (nSPS) is 27.3. The summed E-state index contributed by atoms with van der Waals surface area (Å²) in [5, 5.41) is 3.82. The average molecular weight is 317 g/mol. The highest BCUT2D eigenvalue weighted by atomic mass is 32.2. The smallest absolute Gasteiger partial charge is 0.151 e. The Morgan fingerprint density at radius 2 is 1.90 bits per heavy atom. The van der Waals surface area contributed by atoms with Crippen LogP contribution in [0.25, 0.3) is 0 Å². The maximum Gasteiger partial charge on any atom is 0.151 e. The van der Waals surface area contributed by atoms with Gasteiger partial charge in [-0.15, -0.1) is 0 Å². The molecule has 2 aliphatic rings.